The van der Waals surface area contributed by atoms with Gasteiger partial charge in [0.1, 0.15) is 4.60 Å². The zero-order chi connectivity index (χ0) is 15.9. The van der Waals surface area contributed by atoms with Crippen LogP contribution in [0.25, 0.3) is 0 Å². The number of hydrogen-bond donors (Lipinski definition) is 3. The Hall–Kier alpha value is -1.99. The number of aliphatic hydroxyl groups excluding tert-OH is 1. The fraction of sp³-hybridized carbons (Fsp3) is 0.267. The zero-order valence-electron chi connectivity index (χ0n) is 11.9. The highest BCUT2D eigenvalue weighted by molar-refractivity contribution is 9.10. The molecule has 0 unspecified atom stereocenters. The number of nitrogen functional groups attached to an aromatic ring is 1. The van der Waals surface area contributed by atoms with E-state index in [9.17, 15) is 4.79 Å². The second kappa shape index (κ2) is 7.86. The average Bonchev–Trinajstić information content (AvgIpc) is 2.51. The van der Waals surface area contributed by atoms with Gasteiger partial charge in [-0.2, -0.15) is 0 Å². The minimum absolute atomic E-state index is 0.0819. The van der Waals surface area contributed by atoms with Crippen LogP contribution in [-0.4, -0.2) is 27.6 Å². The van der Waals surface area contributed by atoms with Crippen molar-refractivity contribution in [3.8, 4) is 0 Å². The van der Waals surface area contributed by atoms with E-state index in [4.69, 9.17) is 10.8 Å². The van der Waals surface area contributed by atoms with Gasteiger partial charge in [0.2, 0.25) is 0 Å². The van der Waals surface area contributed by atoms with Crippen LogP contribution in [0.3, 0.4) is 0 Å². The number of aliphatic hydroxyl groups is 1. The smallest absolute Gasteiger partial charge is 0.278 e. The number of hydrogen-bond acceptors (Lipinski definition) is 5. The quantitative estimate of drug-likeness (QED) is 0.683. The van der Waals surface area contributed by atoms with E-state index >= 15 is 0 Å². The fourth-order valence-electron chi connectivity index (χ4n) is 2.01. The van der Waals surface area contributed by atoms with E-state index in [1.807, 2.05) is 24.3 Å². The number of amides is 1. The molecule has 0 atom stereocenters. The van der Waals surface area contributed by atoms with Crippen molar-refractivity contribution in [3.63, 3.8) is 0 Å². The maximum atomic E-state index is 12.3. The van der Waals surface area contributed by atoms with Gasteiger partial charge in [0.05, 0.1) is 6.20 Å². The van der Waals surface area contributed by atoms with Crippen molar-refractivity contribution >= 4 is 33.3 Å². The SMILES string of the molecule is Nc1ncc(Br)nc1C(=O)Nc1ccccc1CCCCO. The lowest BCUT2D eigenvalue weighted by molar-refractivity contribution is 0.102. The Morgan fingerprint density at radius 3 is 2.86 bits per heavy atom. The first kappa shape index (κ1) is 16.4. The number of halogens is 1. The zero-order valence-corrected chi connectivity index (χ0v) is 13.5. The number of anilines is 2. The van der Waals surface area contributed by atoms with Gasteiger partial charge >= 0.3 is 0 Å². The Balaban J connectivity index is 2.16. The molecule has 1 aromatic heterocycles. The number of nitrogens with two attached hydrogens (primary N) is 1. The predicted octanol–water partition coefficient (Wildman–Crippen LogP) is 2.39. The van der Waals surface area contributed by atoms with E-state index in [1.54, 1.807) is 0 Å². The largest absolute Gasteiger partial charge is 0.396 e. The lowest BCUT2D eigenvalue weighted by Gasteiger charge is -2.11. The monoisotopic (exact) mass is 364 g/mol. The number of rotatable bonds is 6. The van der Waals surface area contributed by atoms with Crippen molar-refractivity contribution in [1.29, 1.82) is 0 Å². The molecule has 1 heterocycles. The van der Waals surface area contributed by atoms with Crippen LogP contribution in [0.2, 0.25) is 0 Å². The summed E-state index contributed by atoms with van der Waals surface area (Å²) in [7, 11) is 0. The van der Waals surface area contributed by atoms with Gasteiger partial charge in [0.15, 0.2) is 11.5 Å². The fourth-order valence-corrected chi connectivity index (χ4v) is 2.29. The number of carbonyl (C=O) groups excluding carboxylic acids is 1. The minimum Gasteiger partial charge on any atom is -0.396 e. The number of nitrogens with zero attached hydrogens (tertiary/aromatic N) is 2. The molecule has 22 heavy (non-hydrogen) atoms. The van der Waals surface area contributed by atoms with E-state index < -0.39 is 5.91 Å². The standard InChI is InChI=1S/C15H17BrN4O2/c16-12-9-18-14(17)13(20-12)15(22)19-11-7-2-1-5-10(11)6-3-4-8-21/h1-2,5,7,9,21H,3-4,6,8H2,(H2,17,18)(H,19,22). The maximum absolute atomic E-state index is 12.3. The summed E-state index contributed by atoms with van der Waals surface area (Å²) in [6.45, 7) is 0.165. The highest BCUT2D eigenvalue weighted by atomic mass is 79.9. The van der Waals surface area contributed by atoms with Crippen molar-refractivity contribution in [2.75, 3.05) is 17.7 Å². The Kier molecular flexibility index (Phi) is 5.85. The van der Waals surface area contributed by atoms with E-state index in [-0.39, 0.29) is 18.1 Å². The first-order valence-corrected chi connectivity index (χ1v) is 7.69. The molecule has 6 nitrogen and oxygen atoms in total. The van der Waals surface area contributed by atoms with E-state index in [0.29, 0.717) is 10.3 Å². The number of para-hydroxylation sites is 1. The minimum atomic E-state index is -0.402. The number of carbonyl (C=O) groups is 1. The molecule has 0 spiro atoms. The Labute approximate surface area is 136 Å². The highest BCUT2D eigenvalue weighted by Gasteiger charge is 2.15. The van der Waals surface area contributed by atoms with E-state index in [0.717, 1.165) is 24.8 Å². The molecular weight excluding hydrogens is 348 g/mol. The summed E-state index contributed by atoms with van der Waals surface area (Å²) in [5, 5.41) is 11.7. The van der Waals surface area contributed by atoms with Crippen LogP contribution >= 0.6 is 15.9 Å². The predicted molar refractivity (Wildman–Crippen MR) is 88.6 cm³/mol. The molecule has 1 aromatic carbocycles. The van der Waals surface area contributed by atoms with Crippen LogP contribution in [0.1, 0.15) is 28.9 Å². The molecule has 1 amide bonds. The van der Waals surface area contributed by atoms with Crippen LogP contribution < -0.4 is 11.1 Å². The first-order chi connectivity index (χ1) is 10.6. The van der Waals surface area contributed by atoms with Gasteiger partial charge in [-0.3, -0.25) is 4.79 Å². The third-order valence-electron chi connectivity index (χ3n) is 3.11. The van der Waals surface area contributed by atoms with Gasteiger partial charge in [-0.15, -0.1) is 0 Å². The molecular formula is C15H17BrN4O2. The Bertz CT molecular complexity index is 664. The lowest BCUT2D eigenvalue weighted by Crippen LogP contribution is -2.18. The summed E-state index contributed by atoms with van der Waals surface area (Å²) in [4.78, 5) is 20.3. The molecule has 0 aliphatic heterocycles. The molecule has 0 aliphatic carbocycles. The number of unbranched alkanes of at least 4 members (excludes halogenated alkanes) is 1. The van der Waals surface area contributed by atoms with Crippen LogP contribution in [0.15, 0.2) is 35.1 Å². The van der Waals surface area contributed by atoms with Gasteiger partial charge in [-0.1, -0.05) is 18.2 Å². The molecule has 7 heteroatoms. The van der Waals surface area contributed by atoms with Gasteiger partial charge < -0.3 is 16.2 Å². The second-order valence-electron chi connectivity index (χ2n) is 4.72. The summed E-state index contributed by atoms with van der Waals surface area (Å²) in [6.07, 6.45) is 3.79. The summed E-state index contributed by atoms with van der Waals surface area (Å²) < 4.78 is 0.447. The molecule has 0 radical (unpaired) electrons. The van der Waals surface area contributed by atoms with Crippen molar-refractivity contribution in [3.05, 3.63) is 46.3 Å². The molecule has 0 fully saturated rings. The summed E-state index contributed by atoms with van der Waals surface area (Å²) in [5.74, 6) is -0.320. The van der Waals surface area contributed by atoms with Crippen LogP contribution in [0.4, 0.5) is 11.5 Å². The third-order valence-corrected chi connectivity index (χ3v) is 3.49. The van der Waals surface area contributed by atoms with Crippen molar-refractivity contribution in [1.82, 2.24) is 9.97 Å². The van der Waals surface area contributed by atoms with E-state index in [2.05, 4.69) is 31.2 Å². The van der Waals surface area contributed by atoms with Crippen LogP contribution in [0.5, 0.6) is 0 Å². The number of aryl methyl sites for hydroxylation is 1. The molecule has 2 rings (SSSR count). The van der Waals surface area contributed by atoms with Crippen molar-refractivity contribution < 1.29 is 9.90 Å². The Morgan fingerprint density at radius 2 is 2.09 bits per heavy atom. The van der Waals surface area contributed by atoms with Gasteiger partial charge in [-0.25, -0.2) is 9.97 Å². The first-order valence-electron chi connectivity index (χ1n) is 6.90. The molecule has 0 bridgehead atoms. The topological polar surface area (TPSA) is 101 Å². The average molecular weight is 365 g/mol. The summed E-state index contributed by atoms with van der Waals surface area (Å²) >= 11 is 3.17. The van der Waals surface area contributed by atoms with Crippen molar-refractivity contribution in [2.24, 2.45) is 0 Å². The molecule has 2 aromatic rings. The molecule has 0 saturated heterocycles. The molecule has 0 aliphatic rings. The number of nitrogens with one attached hydrogen (secondary N) is 1. The summed E-state index contributed by atoms with van der Waals surface area (Å²) in [6, 6.07) is 7.54. The second-order valence-corrected chi connectivity index (χ2v) is 5.53. The summed E-state index contributed by atoms with van der Waals surface area (Å²) in [5.41, 5.74) is 7.50. The number of benzene rings is 1. The van der Waals surface area contributed by atoms with Crippen molar-refractivity contribution in [2.45, 2.75) is 19.3 Å². The molecule has 116 valence electrons. The molecule has 0 saturated carbocycles. The van der Waals surface area contributed by atoms with Gasteiger partial charge in [0.25, 0.3) is 5.91 Å². The third kappa shape index (κ3) is 4.25. The van der Waals surface area contributed by atoms with E-state index in [1.165, 1.54) is 6.20 Å². The van der Waals surface area contributed by atoms with Gasteiger partial charge in [-0.05, 0) is 46.8 Å². The normalized spacial score (nSPS) is 10.5. The lowest BCUT2D eigenvalue weighted by atomic mass is 10.1. The number of aromatic nitrogens is 2. The van der Waals surface area contributed by atoms with Gasteiger partial charge in [0, 0.05) is 12.3 Å². The van der Waals surface area contributed by atoms with Crippen LogP contribution in [-0.2, 0) is 6.42 Å². The van der Waals surface area contributed by atoms with Crippen LogP contribution in [0, 0.1) is 0 Å². The molecule has 4 N–H and O–H groups in total. The Morgan fingerprint density at radius 1 is 1.32 bits per heavy atom. The highest BCUT2D eigenvalue weighted by Crippen LogP contribution is 2.19. The maximum Gasteiger partial charge on any atom is 0.278 e.